The number of fused-ring (bicyclic) bond motifs is 1. The van der Waals surface area contributed by atoms with E-state index < -0.39 is 10.0 Å². The largest absolute Gasteiger partial charge is 0.281 e. The summed E-state index contributed by atoms with van der Waals surface area (Å²) in [7, 11) is -3.72. The van der Waals surface area contributed by atoms with E-state index in [0.717, 1.165) is 11.0 Å². The number of aromatic nitrogens is 5. The fourth-order valence-corrected chi connectivity index (χ4v) is 3.92. The van der Waals surface area contributed by atoms with Gasteiger partial charge in [0.25, 0.3) is 10.0 Å². The second-order valence-corrected chi connectivity index (χ2v) is 7.31. The molecule has 0 saturated carbocycles. The molecule has 3 aromatic rings. The van der Waals surface area contributed by atoms with Crippen LogP contribution in [-0.4, -0.2) is 33.4 Å². The van der Waals surface area contributed by atoms with Crippen molar-refractivity contribution >= 4 is 26.7 Å². The van der Waals surface area contributed by atoms with Crippen LogP contribution in [0.25, 0.3) is 11.0 Å². The molecule has 3 rings (SSSR count). The lowest BCUT2D eigenvalue weighted by Crippen LogP contribution is -2.14. The number of anilines is 1. The molecule has 23 heavy (non-hydrogen) atoms. The van der Waals surface area contributed by atoms with Gasteiger partial charge in [-0.2, -0.15) is 10.2 Å². The summed E-state index contributed by atoms with van der Waals surface area (Å²) in [5.74, 6) is 0. The lowest BCUT2D eigenvalue weighted by Gasteiger charge is -2.09. The summed E-state index contributed by atoms with van der Waals surface area (Å²) in [6.07, 6.45) is 3.17. The molecule has 0 fully saturated rings. The Labute approximate surface area is 134 Å². The van der Waals surface area contributed by atoms with Crippen LogP contribution in [0.4, 0.5) is 5.69 Å². The van der Waals surface area contributed by atoms with Crippen LogP contribution in [-0.2, 0) is 10.0 Å². The normalized spacial score (nSPS) is 12.2. The van der Waals surface area contributed by atoms with Crippen molar-refractivity contribution in [3.8, 4) is 0 Å². The molecule has 0 radical (unpaired) electrons. The monoisotopic (exact) mass is 334 g/mol. The number of pyridine rings is 1. The molecule has 0 saturated heterocycles. The molecule has 3 heterocycles. The van der Waals surface area contributed by atoms with Crippen LogP contribution < -0.4 is 4.72 Å². The highest BCUT2D eigenvalue weighted by molar-refractivity contribution is 7.92. The smallest absolute Gasteiger partial charge is 0.265 e. The van der Waals surface area contributed by atoms with Crippen molar-refractivity contribution in [1.29, 1.82) is 0 Å². The predicted octanol–water partition coefficient (Wildman–Crippen LogP) is 2.15. The van der Waals surface area contributed by atoms with E-state index in [1.807, 2.05) is 13.8 Å². The first-order chi connectivity index (χ1) is 10.8. The predicted molar refractivity (Wildman–Crippen MR) is 86.8 cm³/mol. The number of rotatable bonds is 4. The van der Waals surface area contributed by atoms with Crippen LogP contribution >= 0.6 is 0 Å². The topological polar surface area (TPSA) is 106 Å². The van der Waals surface area contributed by atoms with E-state index in [0.29, 0.717) is 17.1 Å². The number of hydrogen-bond donors (Lipinski definition) is 2. The van der Waals surface area contributed by atoms with Crippen molar-refractivity contribution in [2.75, 3.05) is 4.72 Å². The highest BCUT2D eigenvalue weighted by Crippen LogP contribution is 2.23. The molecule has 0 aromatic carbocycles. The van der Waals surface area contributed by atoms with Crippen LogP contribution in [0.5, 0.6) is 0 Å². The molecule has 0 aliphatic heterocycles. The van der Waals surface area contributed by atoms with E-state index in [1.54, 1.807) is 30.8 Å². The summed E-state index contributed by atoms with van der Waals surface area (Å²) in [4.78, 5) is 4.49. The van der Waals surface area contributed by atoms with Crippen LogP contribution in [0.2, 0.25) is 0 Å². The summed E-state index contributed by atoms with van der Waals surface area (Å²) >= 11 is 0. The fourth-order valence-electron chi connectivity index (χ4n) is 2.52. The van der Waals surface area contributed by atoms with Gasteiger partial charge in [0.15, 0.2) is 5.65 Å². The Morgan fingerprint density at radius 1 is 1.26 bits per heavy atom. The van der Waals surface area contributed by atoms with E-state index in [2.05, 4.69) is 25.0 Å². The molecule has 2 N–H and O–H groups in total. The van der Waals surface area contributed by atoms with Crippen LogP contribution in [0.3, 0.4) is 0 Å². The molecule has 0 aliphatic rings. The van der Waals surface area contributed by atoms with E-state index in [-0.39, 0.29) is 10.9 Å². The summed E-state index contributed by atoms with van der Waals surface area (Å²) in [5, 5.41) is 11.6. The van der Waals surface area contributed by atoms with Gasteiger partial charge in [-0.1, -0.05) is 0 Å². The molecular weight excluding hydrogens is 316 g/mol. The fraction of sp³-hybridized carbons (Fsp3) is 0.357. The maximum absolute atomic E-state index is 12.5. The molecule has 9 heteroatoms. The Bertz CT molecular complexity index is 951. The van der Waals surface area contributed by atoms with Crippen molar-refractivity contribution < 1.29 is 8.42 Å². The summed E-state index contributed by atoms with van der Waals surface area (Å²) < 4.78 is 29.4. The number of hydrogen-bond acceptors (Lipinski definition) is 5. The first-order valence-corrected chi connectivity index (χ1v) is 8.65. The van der Waals surface area contributed by atoms with Gasteiger partial charge in [-0.15, -0.1) is 0 Å². The van der Waals surface area contributed by atoms with Gasteiger partial charge in [0.05, 0.1) is 29.5 Å². The van der Waals surface area contributed by atoms with Gasteiger partial charge in [0.1, 0.15) is 4.90 Å². The molecule has 0 atom stereocenters. The molecule has 0 spiro atoms. The molecule has 0 unspecified atom stereocenters. The van der Waals surface area contributed by atoms with Gasteiger partial charge in [0, 0.05) is 11.4 Å². The highest BCUT2D eigenvalue weighted by atomic mass is 32.2. The average molecular weight is 334 g/mol. The van der Waals surface area contributed by atoms with Crippen molar-refractivity contribution in [2.45, 2.75) is 38.6 Å². The number of nitrogens with zero attached hydrogens (tertiary/aromatic N) is 4. The third-order valence-electron chi connectivity index (χ3n) is 3.50. The number of aromatic amines is 1. The average Bonchev–Trinajstić information content (AvgIpc) is 3.01. The van der Waals surface area contributed by atoms with Crippen molar-refractivity contribution in [3.05, 3.63) is 29.8 Å². The Balaban J connectivity index is 1.99. The zero-order valence-corrected chi connectivity index (χ0v) is 14.1. The highest BCUT2D eigenvalue weighted by Gasteiger charge is 2.22. The number of aryl methyl sites for hydroxylation is 2. The summed E-state index contributed by atoms with van der Waals surface area (Å²) in [5.41, 5.74) is 2.03. The van der Waals surface area contributed by atoms with E-state index in [4.69, 9.17) is 0 Å². The molecular formula is C14H18N6O2S. The number of sulfonamides is 1. The van der Waals surface area contributed by atoms with Crippen LogP contribution in [0, 0.1) is 13.8 Å². The summed E-state index contributed by atoms with van der Waals surface area (Å²) in [6, 6.07) is 1.90. The second-order valence-electron chi connectivity index (χ2n) is 5.69. The van der Waals surface area contributed by atoms with Gasteiger partial charge >= 0.3 is 0 Å². The van der Waals surface area contributed by atoms with Gasteiger partial charge in [0.2, 0.25) is 0 Å². The minimum absolute atomic E-state index is 0.162. The quantitative estimate of drug-likeness (QED) is 0.760. The minimum Gasteiger partial charge on any atom is -0.281 e. The Morgan fingerprint density at radius 2 is 2.00 bits per heavy atom. The van der Waals surface area contributed by atoms with Crippen molar-refractivity contribution in [1.82, 2.24) is 25.0 Å². The molecule has 122 valence electrons. The van der Waals surface area contributed by atoms with Crippen molar-refractivity contribution in [3.63, 3.8) is 0 Å². The lowest BCUT2D eigenvalue weighted by molar-refractivity contribution is 0.546. The van der Waals surface area contributed by atoms with Gasteiger partial charge in [-0.3, -0.25) is 9.82 Å². The number of nitrogens with one attached hydrogen (secondary N) is 2. The molecule has 8 nitrogen and oxygen atoms in total. The Hall–Kier alpha value is -2.42. The van der Waals surface area contributed by atoms with E-state index in [1.165, 1.54) is 6.20 Å². The maximum Gasteiger partial charge on any atom is 0.265 e. The molecule has 0 bridgehead atoms. The lowest BCUT2D eigenvalue weighted by atomic mass is 10.3. The first kappa shape index (κ1) is 15.5. The third kappa shape index (κ3) is 2.67. The second kappa shape index (κ2) is 5.34. The molecule has 0 aliphatic carbocycles. The number of H-pyrrole nitrogens is 1. The SMILES string of the molecule is Cc1n[nH]c(C)c1S(=O)(=O)Nc1cnc2c(cnn2C(C)C)c1. The zero-order chi connectivity index (χ0) is 16.8. The maximum atomic E-state index is 12.5. The third-order valence-corrected chi connectivity index (χ3v) is 5.15. The van der Waals surface area contributed by atoms with Gasteiger partial charge < -0.3 is 0 Å². The molecule has 0 amide bonds. The van der Waals surface area contributed by atoms with E-state index in [9.17, 15) is 8.42 Å². The van der Waals surface area contributed by atoms with Crippen LogP contribution in [0.1, 0.15) is 31.3 Å². The van der Waals surface area contributed by atoms with Gasteiger partial charge in [-0.05, 0) is 33.8 Å². The molecule has 3 aromatic heterocycles. The van der Waals surface area contributed by atoms with Crippen LogP contribution in [0.15, 0.2) is 23.4 Å². The van der Waals surface area contributed by atoms with Crippen molar-refractivity contribution in [2.24, 2.45) is 0 Å². The minimum atomic E-state index is -3.72. The summed E-state index contributed by atoms with van der Waals surface area (Å²) in [6.45, 7) is 7.33. The first-order valence-electron chi connectivity index (χ1n) is 7.17. The van der Waals surface area contributed by atoms with Gasteiger partial charge in [-0.25, -0.2) is 18.1 Å². The zero-order valence-electron chi connectivity index (χ0n) is 13.3. The Morgan fingerprint density at radius 3 is 2.61 bits per heavy atom. The van der Waals surface area contributed by atoms with E-state index >= 15 is 0 Å². The Kier molecular flexibility index (Phi) is 3.59. The standard InChI is InChI=1S/C14H18N6O2S/c1-8(2)20-14-11(6-16-20)5-12(7-15-14)19-23(21,22)13-9(3)17-18-10(13)4/h5-8,19H,1-4H3,(H,17,18).